The van der Waals surface area contributed by atoms with Crippen LogP contribution in [0.3, 0.4) is 0 Å². The Morgan fingerprint density at radius 2 is 1.67 bits per heavy atom. The topological polar surface area (TPSA) is 74.8 Å². The molecule has 0 aliphatic rings. The van der Waals surface area contributed by atoms with Crippen molar-refractivity contribution < 1.29 is 9.53 Å². The van der Waals surface area contributed by atoms with E-state index in [1.807, 2.05) is 20.8 Å². The van der Waals surface area contributed by atoms with Crippen molar-refractivity contribution in [2.45, 2.75) is 39.7 Å². The quantitative estimate of drug-likeness (QED) is 0.392. The number of hydrogen-bond donors (Lipinski definition) is 3. The Bertz CT molecular complexity index is 272. The molecule has 0 fully saturated rings. The number of nitrogens with zero attached hydrogens (tertiary/aromatic N) is 1. The lowest BCUT2D eigenvalue weighted by Crippen LogP contribution is -2.42. The Hall–Kier alpha value is -1.46. The second kappa shape index (κ2) is 8.60. The Morgan fingerprint density at radius 3 is 2.17 bits per heavy atom. The third kappa shape index (κ3) is 9.74. The summed E-state index contributed by atoms with van der Waals surface area (Å²) in [5.41, 5.74) is -0.462. The minimum atomic E-state index is -0.462. The van der Waals surface area contributed by atoms with Crippen LogP contribution in [0.25, 0.3) is 0 Å². The van der Waals surface area contributed by atoms with Gasteiger partial charge in [-0.05, 0) is 27.2 Å². The molecule has 6 heteroatoms. The van der Waals surface area contributed by atoms with Crippen LogP contribution in [0, 0.1) is 0 Å². The SMILES string of the molecule is CCCNC(=NC)NCCNC(=O)OC(C)(C)C. The summed E-state index contributed by atoms with van der Waals surface area (Å²) >= 11 is 0. The number of ether oxygens (including phenoxy) is 1. The zero-order chi connectivity index (χ0) is 14.0. The number of carbonyl (C=O) groups is 1. The first-order valence-electron chi connectivity index (χ1n) is 6.30. The fourth-order valence-electron chi connectivity index (χ4n) is 1.12. The molecule has 0 heterocycles. The van der Waals surface area contributed by atoms with E-state index in [-0.39, 0.29) is 0 Å². The largest absolute Gasteiger partial charge is 0.444 e. The highest BCUT2D eigenvalue weighted by Gasteiger charge is 2.15. The number of hydrogen-bond acceptors (Lipinski definition) is 3. The molecule has 0 aliphatic heterocycles. The second-order valence-corrected chi connectivity index (χ2v) is 4.85. The number of aliphatic imine (C=N–C) groups is 1. The maximum atomic E-state index is 11.3. The van der Waals surface area contributed by atoms with Crippen LogP contribution in [0.2, 0.25) is 0 Å². The molecule has 6 nitrogen and oxygen atoms in total. The van der Waals surface area contributed by atoms with Crippen molar-refractivity contribution in [2.24, 2.45) is 4.99 Å². The fourth-order valence-corrected chi connectivity index (χ4v) is 1.12. The van der Waals surface area contributed by atoms with Gasteiger partial charge in [-0.15, -0.1) is 0 Å². The number of rotatable bonds is 5. The summed E-state index contributed by atoms with van der Waals surface area (Å²) in [6, 6.07) is 0. The van der Waals surface area contributed by atoms with Crippen molar-refractivity contribution >= 4 is 12.1 Å². The maximum absolute atomic E-state index is 11.3. The number of alkyl carbamates (subject to hydrolysis) is 1. The molecule has 18 heavy (non-hydrogen) atoms. The molecule has 0 saturated heterocycles. The van der Waals surface area contributed by atoms with Crippen LogP contribution >= 0.6 is 0 Å². The molecule has 0 spiro atoms. The van der Waals surface area contributed by atoms with E-state index in [0.717, 1.165) is 18.9 Å². The Labute approximate surface area is 110 Å². The zero-order valence-corrected chi connectivity index (χ0v) is 12.1. The van der Waals surface area contributed by atoms with Gasteiger partial charge in [0, 0.05) is 26.7 Å². The highest BCUT2D eigenvalue weighted by Crippen LogP contribution is 2.05. The third-order valence-electron chi connectivity index (χ3n) is 1.85. The molecule has 0 aromatic rings. The summed E-state index contributed by atoms with van der Waals surface area (Å²) in [5.74, 6) is 0.739. The minimum absolute atomic E-state index is 0.402. The number of amides is 1. The number of nitrogens with one attached hydrogen (secondary N) is 3. The van der Waals surface area contributed by atoms with Gasteiger partial charge in [0.05, 0.1) is 0 Å². The van der Waals surface area contributed by atoms with E-state index < -0.39 is 11.7 Å². The van der Waals surface area contributed by atoms with E-state index in [4.69, 9.17) is 4.74 Å². The predicted molar refractivity (Wildman–Crippen MR) is 73.9 cm³/mol. The van der Waals surface area contributed by atoms with Gasteiger partial charge in [-0.1, -0.05) is 6.92 Å². The molecule has 0 radical (unpaired) electrons. The predicted octanol–water partition coefficient (Wildman–Crippen LogP) is 1.09. The number of carbonyl (C=O) groups excluding carboxylic acids is 1. The molecular weight excluding hydrogens is 232 g/mol. The lowest BCUT2D eigenvalue weighted by Gasteiger charge is -2.19. The molecule has 0 aromatic carbocycles. The van der Waals surface area contributed by atoms with Gasteiger partial charge in [-0.2, -0.15) is 0 Å². The van der Waals surface area contributed by atoms with Crippen LogP contribution in [0.5, 0.6) is 0 Å². The monoisotopic (exact) mass is 258 g/mol. The van der Waals surface area contributed by atoms with Gasteiger partial charge in [0.25, 0.3) is 0 Å². The van der Waals surface area contributed by atoms with Crippen molar-refractivity contribution in [2.75, 3.05) is 26.7 Å². The van der Waals surface area contributed by atoms with Gasteiger partial charge in [-0.25, -0.2) is 4.79 Å². The van der Waals surface area contributed by atoms with E-state index in [1.54, 1.807) is 7.05 Å². The molecule has 0 unspecified atom stereocenters. The van der Waals surface area contributed by atoms with Crippen molar-refractivity contribution in [3.63, 3.8) is 0 Å². The highest BCUT2D eigenvalue weighted by atomic mass is 16.6. The molecule has 3 N–H and O–H groups in total. The molecule has 1 amide bonds. The molecule has 0 atom stereocenters. The van der Waals surface area contributed by atoms with Gasteiger partial charge in [0.1, 0.15) is 5.60 Å². The Morgan fingerprint density at radius 1 is 1.11 bits per heavy atom. The summed E-state index contributed by atoms with van der Waals surface area (Å²) in [6.07, 6.45) is 0.637. The van der Waals surface area contributed by atoms with Gasteiger partial charge in [-0.3, -0.25) is 4.99 Å². The first-order chi connectivity index (χ1) is 8.39. The molecular formula is C12H26N4O2. The second-order valence-electron chi connectivity index (χ2n) is 4.85. The maximum Gasteiger partial charge on any atom is 0.407 e. The lowest BCUT2D eigenvalue weighted by atomic mass is 10.2. The van der Waals surface area contributed by atoms with Crippen molar-refractivity contribution in [1.82, 2.24) is 16.0 Å². The summed E-state index contributed by atoms with van der Waals surface area (Å²) < 4.78 is 5.11. The van der Waals surface area contributed by atoms with Crippen molar-refractivity contribution in [1.29, 1.82) is 0 Å². The lowest BCUT2D eigenvalue weighted by molar-refractivity contribution is 0.0529. The van der Waals surface area contributed by atoms with Crippen molar-refractivity contribution in [3.05, 3.63) is 0 Å². The summed E-state index contributed by atoms with van der Waals surface area (Å²) in [5, 5.41) is 8.90. The third-order valence-corrected chi connectivity index (χ3v) is 1.85. The molecule has 0 bridgehead atoms. The van der Waals surface area contributed by atoms with Crippen molar-refractivity contribution in [3.8, 4) is 0 Å². The van der Waals surface area contributed by atoms with Gasteiger partial charge in [0.2, 0.25) is 0 Å². The van der Waals surface area contributed by atoms with Crippen LogP contribution in [0.4, 0.5) is 4.79 Å². The first-order valence-corrected chi connectivity index (χ1v) is 6.30. The average molecular weight is 258 g/mol. The first kappa shape index (κ1) is 16.5. The average Bonchev–Trinajstić information content (AvgIpc) is 2.26. The summed E-state index contributed by atoms with van der Waals surface area (Å²) in [7, 11) is 1.71. The Kier molecular flexibility index (Phi) is 7.91. The normalized spacial score (nSPS) is 11.9. The molecule has 0 rings (SSSR count). The summed E-state index contributed by atoms with van der Waals surface area (Å²) in [4.78, 5) is 15.4. The summed E-state index contributed by atoms with van der Waals surface area (Å²) in [6.45, 7) is 9.55. The van der Waals surface area contributed by atoms with E-state index in [1.165, 1.54) is 0 Å². The minimum Gasteiger partial charge on any atom is -0.444 e. The molecule has 106 valence electrons. The highest BCUT2D eigenvalue weighted by molar-refractivity contribution is 5.79. The molecule has 0 saturated carbocycles. The Balaban J connectivity index is 3.69. The van der Waals surface area contributed by atoms with Crippen LogP contribution in [0.1, 0.15) is 34.1 Å². The van der Waals surface area contributed by atoms with E-state index >= 15 is 0 Å². The van der Waals surface area contributed by atoms with Crippen LogP contribution < -0.4 is 16.0 Å². The van der Waals surface area contributed by atoms with E-state index in [9.17, 15) is 4.79 Å². The van der Waals surface area contributed by atoms with E-state index in [0.29, 0.717) is 13.1 Å². The van der Waals surface area contributed by atoms with Gasteiger partial charge < -0.3 is 20.7 Å². The molecule has 0 aromatic heterocycles. The van der Waals surface area contributed by atoms with Crippen LogP contribution in [0.15, 0.2) is 4.99 Å². The van der Waals surface area contributed by atoms with Crippen LogP contribution in [-0.2, 0) is 4.74 Å². The fraction of sp³-hybridized carbons (Fsp3) is 0.833. The van der Waals surface area contributed by atoms with Gasteiger partial charge in [0.15, 0.2) is 5.96 Å². The standard InChI is InChI=1S/C12H26N4O2/c1-6-7-14-10(13-5)15-8-9-16-11(17)18-12(2,3)4/h6-9H2,1-5H3,(H,16,17)(H2,13,14,15). The zero-order valence-electron chi connectivity index (χ0n) is 12.1. The smallest absolute Gasteiger partial charge is 0.407 e. The molecule has 0 aliphatic carbocycles. The number of guanidine groups is 1. The van der Waals surface area contributed by atoms with Crippen LogP contribution in [-0.4, -0.2) is 44.3 Å². The van der Waals surface area contributed by atoms with Gasteiger partial charge >= 0.3 is 6.09 Å². The van der Waals surface area contributed by atoms with E-state index in [2.05, 4.69) is 27.9 Å².